The summed E-state index contributed by atoms with van der Waals surface area (Å²) in [4.78, 5) is 23.9. The van der Waals surface area contributed by atoms with Gasteiger partial charge in [0.05, 0.1) is 13.2 Å². The molecule has 0 amide bonds. The number of carbonyl (C=O) groups is 2. The second-order valence-corrected chi connectivity index (χ2v) is 4.55. The van der Waals surface area contributed by atoms with Gasteiger partial charge in [0, 0.05) is 12.0 Å². The van der Waals surface area contributed by atoms with E-state index in [1.54, 1.807) is 30.3 Å². The van der Waals surface area contributed by atoms with Crippen LogP contribution in [0.1, 0.15) is 16.8 Å². The van der Waals surface area contributed by atoms with Crippen molar-refractivity contribution in [2.75, 3.05) is 7.11 Å². The maximum atomic E-state index is 12.1. The number of methoxy groups -OCH3 is 1. The van der Waals surface area contributed by atoms with Gasteiger partial charge in [-0.15, -0.1) is 0 Å². The van der Waals surface area contributed by atoms with Crippen LogP contribution in [0.4, 0.5) is 0 Å². The third kappa shape index (κ3) is 3.64. The molecule has 0 aliphatic rings. The number of rotatable bonds is 5. The van der Waals surface area contributed by atoms with Gasteiger partial charge in [-0.2, -0.15) is 5.26 Å². The van der Waals surface area contributed by atoms with Crippen LogP contribution < -0.4 is 0 Å². The fourth-order valence-electron chi connectivity index (χ4n) is 1.59. The first-order valence-corrected chi connectivity index (χ1v) is 6.70. The lowest BCUT2D eigenvalue weighted by Gasteiger charge is -2.18. The average Bonchev–Trinajstić information content (AvgIpc) is 2.46. The normalized spacial score (nSPS) is 13.5. The van der Waals surface area contributed by atoms with Gasteiger partial charge < -0.3 is 4.74 Å². The largest absolute Gasteiger partial charge is 0.468 e. The van der Waals surface area contributed by atoms with Crippen LogP contribution in [0.25, 0.3) is 0 Å². The maximum absolute atomic E-state index is 12.1. The zero-order valence-electron chi connectivity index (χ0n) is 10.3. The predicted octanol–water partition coefficient (Wildman–Crippen LogP) is 2.89. The number of halogens is 1. The Morgan fingerprint density at radius 3 is 2.53 bits per heavy atom. The fourth-order valence-corrected chi connectivity index (χ4v) is 2.20. The lowest BCUT2D eigenvalue weighted by molar-refractivity contribution is -0.146. The first-order valence-electron chi connectivity index (χ1n) is 5.45. The molecule has 4 nitrogen and oxygen atoms in total. The number of ether oxygens (including phenoxy) is 1. The Morgan fingerprint density at radius 1 is 1.42 bits per heavy atom. The number of hydrogen-bond acceptors (Lipinski definition) is 4. The Morgan fingerprint density at radius 2 is 2.05 bits per heavy atom. The fraction of sp³-hybridized carbons (Fsp3) is 0.214. The van der Waals surface area contributed by atoms with Crippen molar-refractivity contribution in [3.05, 3.63) is 46.1 Å². The Kier molecular flexibility index (Phi) is 5.70. The lowest BCUT2D eigenvalue weighted by atomic mass is 9.83. The number of nitrogens with zero attached hydrogens (tertiary/aromatic N) is 1. The summed E-state index contributed by atoms with van der Waals surface area (Å²) in [6.45, 7) is 0. The molecule has 0 fully saturated rings. The Hall–Kier alpha value is -1.68. The van der Waals surface area contributed by atoms with E-state index in [4.69, 9.17) is 0 Å². The molecular weight excluding hydrogens is 357 g/mol. The van der Waals surface area contributed by atoms with E-state index in [1.165, 1.54) is 17.3 Å². The number of Topliss-reactive ketones (excluding diaryl/α,β-unsaturated/α-hetero) is 1. The van der Waals surface area contributed by atoms with E-state index in [0.717, 1.165) is 0 Å². The summed E-state index contributed by atoms with van der Waals surface area (Å²) >= 11 is 1.90. The molecule has 0 aliphatic carbocycles. The molecule has 19 heavy (non-hydrogen) atoms. The third-order valence-corrected chi connectivity index (χ3v) is 2.99. The van der Waals surface area contributed by atoms with Crippen molar-refractivity contribution >= 4 is 34.3 Å². The van der Waals surface area contributed by atoms with Gasteiger partial charge in [-0.25, -0.2) is 4.79 Å². The SMILES string of the molecule is COC(=O)[C@@](C#N)(/C=C/I)CC(=O)c1ccccc1. The number of hydrogen-bond donors (Lipinski definition) is 0. The summed E-state index contributed by atoms with van der Waals surface area (Å²) in [5.74, 6) is -1.01. The highest BCUT2D eigenvalue weighted by Crippen LogP contribution is 2.28. The van der Waals surface area contributed by atoms with Crippen LogP contribution in [0.5, 0.6) is 0 Å². The Labute approximate surface area is 125 Å². The molecule has 0 aromatic heterocycles. The van der Waals surface area contributed by atoms with E-state index >= 15 is 0 Å². The van der Waals surface area contributed by atoms with Crippen LogP contribution in [0.15, 0.2) is 40.5 Å². The molecule has 98 valence electrons. The molecule has 0 unspecified atom stereocenters. The Bertz CT molecular complexity index is 533. The van der Waals surface area contributed by atoms with Gasteiger partial charge in [0.2, 0.25) is 0 Å². The van der Waals surface area contributed by atoms with Crippen molar-refractivity contribution < 1.29 is 14.3 Å². The average molecular weight is 369 g/mol. The molecule has 5 heteroatoms. The van der Waals surface area contributed by atoms with Crippen molar-refractivity contribution in [2.45, 2.75) is 6.42 Å². The summed E-state index contributed by atoms with van der Waals surface area (Å²) < 4.78 is 6.17. The summed E-state index contributed by atoms with van der Waals surface area (Å²) in [6.07, 6.45) is 1.15. The van der Waals surface area contributed by atoms with E-state index in [2.05, 4.69) is 4.74 Å². The van der Waals surface area contributed by atoms with Crippen LogP contribution >= 0.6 is 22.6 Å². The van der Waals surface area contributed by atoms with Gasteiger partial charge in [0.15, 0.2) is 11.2 Å². The molecule has 1 aromatic carbocycles. The van der Waals surface area contributed by atoms with Crippen LogP contribution in [0.2, 0.25) is 0 Å². The van der Waals surface area contributed by atoms with Crippen molar-refractivity contribution in [3.8, 4) is 6.07 Å². The highest BCUT2D eigenvalue weighted by molar-refractivity contribution is 14.1. The number of esters is 1. The topological polar surface area (TPSA) is 67.2 Å². The third-order valence-electron chi connectivity index (χ3n) is 2.63. The van der Waals surface area contributed by atoms with E-state index in [0.29, 0.717) is 5.56 Å². The minimum Gasteiger partial charge on any atom is -0.468 e. The standard InChI is InChI=1S/C14H12INO3/c1-19-13(18)14(10-16,7-8-15)9-12(17)11-5-3-2-4-6-11/h2-8H,9H2,1H3/b8-7+/t14-/m0/s1. The van der Waals surface area contributed by atoms with Crippen LogP contribution in [0.3, 0.4) is 0 Å². The van der Waals surface area contributed by atoms with E-state index in [9.17, 15) is 14.9 Å². The van der Waals surface area contributed by atoms with Gasteiger partial charge in [-0.3, -0.25) is 4.79 Å². The second kappa shape index (κ2) is 7.04. The maximum Gasteiger partial charge on any atom is 0.330 e. The van der Waals surface area contributed by atoms with Crippen molar-refractivity contribution in [1.29, 1.82) is 5.26 Å². The molecule has 1 aromatic rings. The first kappa shape index (κ1) is 15.4. The molecule has 0 spiro atoms. The highest BCUT2D eigenvalue weighted by atomic mass is 127. The minimum absolute atomic E-state index is 0.236. The van der Waals surface area contributed by atoms with Gasteiger partial charge >= 0.3 is 5.97 Å². The van der Waals surface area contributed by atoms with Gasteiger partial charge in [-0.1, -0.05) is 52.9 Å². The number of ketones is 1. The molecule has 1 atom stereocenters. The van der Waals surface area contributed by atoms with Crippen molar-refractivity contribution in [2.24, 2.45) is 5.41 Å². The summed E-state index contributed by atoms with van der Waals surface area (Å²) in [5.41, 5.74) is -1.10. The number of carbonyl (C=O) groups excluding carboxylic acids is 2. The summed E-state index contributed by atoms with van der Waals surface area (Å²) in [7, 11) is 1.20. The summed E-state index contributed by atoms with van der Waals surface area (Å²) in [5, 5.41) is 9.25. The molecule has 0 aliphatic heterocycles. The quantitative estimate of drug-likeness (QED) is 0.455. The lowest BCUT2D eigenvalue weighted by Crippen LogP contribution is -2.31. The molecular formula is C14H12INO3. The van der Waals surface area contributed by atoms with Crippen LogP contribution in [-0.2, 0) is 9.53 Å². The molecule has 0 heterocycles. The summed E-state index contributed by atoms with van der Waals surface area (Å²) in [6, 6.07) is 10.4. The van der Waals surface area contributed by atoms with Crippen molar-refractivity contribution in [3.63, 3.8) is 0 Å². The first-order chi connectivity index (χ1) is 9.09. The van der Waals surface area contributed by atoms with Gasteiger partial charge in [-0.05, 0) is 10.2 Å². The molecule has 0 saturated heterocycles. The van der Waals surface area contributed by atoms with Crippen LogP contribution in [-0.4, -0.2) is 18.9 Å². The van der Waals surface area contributed by atoms with Gasteiger partial charge in [0.1, 0.15) is 0 Å². The van der Waals surface area contributed by atoms with E-state index in [-0.39, 0.29) is 12.2 Å². The van der Waals surface area contributed by atoms with Crippen molar-refractivity contribution in [1.82, 2.24) is 0 Å². The monoisotopic (exact) mass is 369 g/mol. The predicted molar refractivity (Wildman–Crippen MR) is 78.6 cm³/mol. The smallest absolute Gasteiger partial charge is 0.330 e. The molecule has 0 radical (unpaired) electrons. The molecule has 1 rings (SSSR count). The molecule has 0 bridgehead atoms. The zero-order chi connectivity index (χ0) is 14.3. The Balaban J connectivity index is 3.06. The minimum atomic E-state index is -1.57. The highest BCUT2D eigenvalue weighted by Gasteiger charge is 2.39. The van der Waals surface area contributed by atoms with E-state index in [1.807, 2.05) is 28.7 Å². The van der Waals surface area contributed by atoms with Crippen LogP contribution in [0, 0.1) is 16.7 Å². The second-order valence-electron chi connectivity index (χ2n) is 3.83. The molecule has 0 N–H and O–H groups in total. The van der Waals surface area contributed by atoms with E-state index < -0.39 is 11.4 Å². The number of nitriles is 1. The molecule has 0 saturated carbocycles. The number of benzene rings is 1. The van der Waals surface area contributed by atoms with Gasteiger partial charge in [0.25, 0.3) is 0 Å². The zero-order valence-corrected chi connectivity index (χ0v) is 12.5.